The second kappa shape index (κ2) is 15.5. The Morgan fingerprint density at radius 3 is 1.44 bits per heavy atom. The molecule has 8 aromatic carbocycles. The van der Waals surface area contributed by atoms with Crippen molar-refractivity contribution in [3.63, 3.8) is 0 Å². The molecule has 75 heavy (non-hydrogen) atoms. The number of hydrogen-bond acceptors (Lipinski definition) is 4. The largest absolute Gasteiger partial charge is 0.311 e. The van der Waals surface area contributed by atoms with Crippen molar-refractivity contribution in [2.45, 2.75) is 110 Å². The Morgan fingerprint density at radius 1 is 0.400 bits per heavy atom. The highest BCUT2D eigenvalue weighted by atomic mass is 32.1. The van der Waals surface area contributed by atoms with E-state index in [2.05, 4.69) is 257 Å². The average Bonchev–Trinajstić information content (AvgIpc) is 4.23. The summed E-state index contributed by atoms with van der Waals surface area (Å²) in [6.07, 6.45) is 4.11. The van der Waals surface area contributed by atoms with Gasteiger partial charge in [0.1, 0.15) is 0 Å². The van der Waals surface area contributed by atoms with E-state index < -0.39 is 5.41 Å². The van der Waals surface area contributed by atoms with Crippen LogP contribution in [0, 0.1) is 0 Å². The monoisotopic (exact) mass is 989 g/mol. The molecule has 368 valence electrons. The number of rotatable bonds is 2. The SMILES string of the molecule is CC(C)(C)c1ccc(N2c3cc(C(C)(C)C)ccc3B3c4cc5sc6cc7c(cc6c5cc4N(c4ccc(C(C)(C)C)cc4)c4cc(C(C)(C)C)cc2c43)-c2cnccc2C72c3ccccc3-c3ccccc32)cc1. The van der Waals surface area contributed by atoms with E-state index in [1.807, 2.05) is 17.5 Å². The van der Waals surface area contributed by atoms with Crippen LogP contribution in [0.1, 0.15) is 128 Å². The highest BCUT2D eigenvalue weighted by molar-refractivity contribution is 7.26. The van der Waals surface area contributed by atoms with Crippen LogP contribution in [0.4, 0.5) is 34.1 Å². The number of thiophene rings is 1. The average molecular weight is 990 g/mol. The molecule has 4 heterocycles. The Labute approximate surface area is 448 Å². The van der Waals surface area contributed by atoms with E-state index >= 15 is 0 Å². The Kier molecular flexibility index (Phi) is 9.55. The van der Waals surface area contributed by atoms with Gasteiger partial charge in [-0.2, -0.15) is 0 Å². The van der Waals surface area contributed by atoms with E-state index in [-0.39, 0.29) is 28.4 Å². The third-order valence-electron chi connectivity index (χ3n) is 17.4. The predicted octanol–water partition coefficient (Wildman–Crippen LogP) is 17.1. The highest BCUT2D eigenvalue weighted by Crippen LogP contribution is 2.63. The van der Waals surface area contributed by atoms with E-state index in [0.29, 0.717) is 0 Å². The molecule has 0 radical (unpaired) electrons. The van der Waals surface area contributed by atoms with Crippen molar-refractivity contribution in [3.8, 4) is 22.3 Å². The van der Waals surface area contributed by atoms with Crippen molar-refractivity contribution in [3.05, 3.63) is 215 Å². The first-order chi connectivity index (χ1) is 35.7. The van der Waals surface area contributed by atoms with Crippen LogP contribution in [0.2, 0.25) is 0 Å². The van der Waals surface area contributed by atoms with Gasteiger partial charge in [-0.05, 0) is 172 Å². The van der Waals surface area contributed by atoms with Crippen LogP contribution < -0.4 is 26.2 Å². The first-order valence-corrected chi connectivity index (χ1v) is 27.9. The molecule has 3 nitrogen and oxygen atoms in total. The topological polar surface area (TPSA) is 19.4 Å². The Bertz CT molecular complexity index is 4010. The molecule has 0 unspecified atom stereocenters. The second-order valence-electron chi connectivity index (χ2n) is 26.1. The lowest BCUT2D eigenvalue weighted by Gasteiger charge is -2.45. The maximum Gasteiger partial charge on any atom is 0.252 e. The molecule has 0 N–H and O–H groups in total. The quantitative estimate of drug-likeness (QED) is 0.161. The van der Waals surface area contributed by atoms with E-state index in [1.54, 1.807) is 0 Å². The van der Waals surface area contributed by atoms with Crippen LogP contribution in [0.25, 0.3) is 42.4 Å². The van der Waals surface area contributed by atoms with Gasteiger partial charge in [-0.1, -0.05) is 168 Å². The minimum absolute atomic E-state index is 0.00874. The number of anilines is 6. The third-order valence-corrected chi connectivity index (χ3v) is 18.5. The maximum atomic E-state index is 4.82. The van der Waals surface area contributed by atoms with Crippen molar-refractivity contribution in [1.82, 2.24) is 4.98 Å². The summed E-state index contributed by atoms with van der Waals surface area (Å²) in [6.45, 7) is 28.0. The Morgan fingerprint density at radius 2 is 0.880 bits per heavy atom. The zero-order valence-electron chi connectivity index (χ0n) is 45.5. The van der Waals surface area contributed by atoms with Gasteiger partial charge >= 0.3 is 0 Å². The Hall–Kier alpha value is -7.21. The maximum absolute atomic E-state index is 4.82. The van der Waals surface area contributed by atoms with Gasteiger partial charge in [0, 0.05) is 72.3 Å². The summed E-state index contributed by atoms with van der Waals surface area (Å²) in [4.78, 5) is 10.0. The summed E-state index contributed by atoms with van der Waals surface area (Å²) in [7, 11) is 0. The molecule has 2 aliphatic carbocycles. The molecule has 0 bridgehead atoms. The van der Waals surface area contributed by atoms with Crippen LogP contribution in [-0.2, 0) is 27.1 Å². The summed E-state index contributed by atoms with van der Waals surface area (Å²) in [5.41, 5.74) is 26.7. The van der Waals surface area contributed by atoms with Crippen molar-refractivity contribution < 1.29 is 0 Å². The van der Waals surface area contributed by atoms with Gasteiger partial charge in [-0.3, -0.25) is 4.98 Å². The highest BCUT2D eigenvalue weighted by Gasteiger charge is 2.52. The lowest BCUT2D eigenvalue weighted by atomic mass is 9.33. The number of aromatic nitrogens is 1. The van der Waals surface area contributed by atoms with Gasteiger partial charge in [0.05, 0.1) is 5.41 Å². The van der Waals surface area contributed by atoms with E-state index in [4.69, 9.17) is 4.98 Å². The molecule has 14 rings (SSSR count). The fourth-order valence-corrected chi connectivity index (χ4v) is 14.6. The van der Waals surface area contributed by atoms with Crippen LogP contribution in [0.3, 0.4) is 0 Å². The molecule has 0 saturated carbocycles. The third kappa shape index (κ3) is 6.56. The van der Waals surface area contributed by atoms with Crippen LogP contribution in [0.5, 0.6) is 0 Å². The van der Waals surface area contributed by atoms with Crippen molar-refractivity contribution in [2.24, 2.45) is 0 Å². The number of hydrogen-bond donors (Lipinski definition) is 0. The molecule has 4 aliphatic rings. The van der Waals surface area contributed by atoms with Gasteiger partial charge in [0.25, 0.3) is 6.71 Å². The van der Waals surface area contributed by atoms with E-state index in [9.17, 15) is 0 Å². The normalized spacial score (nSPS) is 15.0. The number of fused-ring (bicyclic) bond motifs is 17. The number of nitrogens with zero attached hydrogens (tertiary/aromatic N) is 3. The smallest absolute Gasteiger partial charge is 0.252 e. The molecule has 2 aromatic heterocycles. The molecular weight excluding hydrogens is 926 g/mol. The molecule has 0 saturated heterocycles. The van der Waals surface area contributed by atoms with E-state index in [0.717, 1.165) is 0 Å². The van der Waals surface area contributed by atoms with Gasteiger partial charge in [-0.25, -0.2) is 0 Å². The summed E-state index contributed by atoms with van der Waals surface area (Å²) in [6, 6.07) is 62.1. The lowest BCUT2D eigenvalue weighted by molar-refractivity contribution is 0.589. The van der Waals surface area contributed by atoms with Gasteiger partial charge in [0.2, 0.25) is 0 Å². The summed E-state index contributed by atoms with van der Waals surface area (Å²) in [5, 5.41) is 2.59. The molecule has 5 heteroatoms. The molecule has 1 spiro atoms. The van der Waals surface area contributed by atoms with Crippen molar-refractivity contribution in [1.29, 1.82) is 0 Å². The lowest BCUT2D eigenvalue weighted by Crippen LogP contribution is -2.61. The fraction of sp³-hybridized carbons (Fsp3) is 0.243. The summed E-state index contributed by atoms with van der Waals surface area (Å²) in [5.74, 6) is 0. The first kappa shape index (κ1) is 46.3. The van der Waals surface area contributed by atoms with E-state index in [1.165, 1.54) is 137 Å². The van der Waals surface area contributed by atoms with Crippen molar-refractivity contribution in [2.75, 3.05) is 9.80 Å². The standard InChI is InChI=1S/C70H64BN3S/c1-66(2,3)41-21-26-45(27-22-41)73-59-33-43(68(7,8)9)25-30-57(59)71-58-39-64-51(37-60(58)74(46-28-23-42(24-29-46)67(4,5)6)62-35-44(69(10,11)12)34-61(73)65(62)71)50-36-49-52-40-72-32-31-55(52)70(56(49)38-63(50)75-64)53-19-15-13-17-47(53)48-18-14-16-20-54(48)70/h13-40H,1-12H3. The molecule has 0 fully saturated rings. The van der Waals surface area contributed by atoms with Crippen LogP contribution >= 0.6 is 11.3 Å². The molecule has 0 amide bonds. The minimum Gasteiger partial charge on any atom is -0.311 e. The van der Waals surface area contributed by atoms with Gasteiger partial charge < -0.3 is 9.80 Å². The summed E-state index contributed by atoms with van der Waals surface area (Å²) >= 11 is 1.95. The second-order valence-corrected chi connectivity index (χ2v) is 27.1. The van der Waals surface area contributed by atoms with Gasteiger partial charge in [0.15, 0.2) is 0 Å². The molecular formula is C70H64BN3S. The molecule has 0 atom stereocenters. The number of benzene rings is 8. The zero-order valence-corrected chi connectivity index (χ0v) is 46.3. The Balaban J connectivity index is 1.07. The number of pyridine rings is 1. The molecule has 10 aromatic rings. The predicted molar refractivity (Wildman–Crippen MR) is 322 cm³/mol. The van der Waals surface area contributed by atoms with Crippen LogP contribution in [-0.4, -0.2) is 11.7 Å². The first-order valence-electron chi connectivity index (χ1n) is 27.0. The zero-order chi connectivity index (χ0) is 51.9. The minimum atomic E-state index is -0.431. The van der Waals surface area contributed by atoms with Crippen LogP contribution in [0.15, 0.2) is 170 Å². The van der Waals surface area contributed by atoms with Crippen molar-refractivity contribution >= 4 is 88.7 Å². The fourth-order valence-electron chi connectivity index (χ4n) is 13.4. The molecule has 2 aliphatic heterocycles. The summed E-state index contributed by atoms with van der Waals surface area (Å²) < 4.78 is 2.62. The van der Waals surface area contributed by atoms with Gasteiger partial charge in [-0.15, -0.1) is 11.3 Å².